The van der Waals surface area contributed by atoms with Crippen molar-refractivity contribution in [1.82, 2.24) is 9.13 Å². The first-order chi connectivity index (χ1) is 13.5. The van der Waals surface area contributed by atoms with E-state index in [-0.39, 0.29) is 11.6 Å². The van der Waals surface area contributed by atoms with Crippen LogP contribution >= 0.6 is 0 Å². The van der Waals surface area contributed by atoms with Crippen molar-refractivity contribution in [3.8, 4) is 0 Å². The zero-order chi connectivity index (χ0) is 19.8. The van der Waals surface area contributed by atoms with Crippen LogP contribution in [0.2, 0.25) is 0 Å². The number of fused-ring (bicyclic) bond motifs is 1. The van der Waals surface area contributed by atoms with Gasteiger partial charge in [-0.2, -0.15) is 0 Å². The van der Waals surface area contributed by atoms with E-state index < -0.39 is 0 Å². The standard InChI is InChI=1S/C21H25N5O2/c1-15(27)22-17-13-19-20(24(3)21(28)23(19)2)14-18(17)26-11-9-25(10-12-26)16-7-5-4-6-8-16/h4-8,13-14H,9-12H2,1-3H3,(H,22,27). The van der Waals surface area contributed by atoms with Gasteiger partial charge in [0.1, 0.15) is 0 Å². The van der Waals surface area contributed by atoms with Gasteiger partial charge in [-0.1, -0.05) is 18.2 Å². The molecule has 2 aromatic carbocycles. The Balaban J connectivity index is 1.68. The van der Waals surface area contributed by atoms with Gasteiger partial charge in [-0.15, -0.1) is 0 Å². The van der Waals surface area contributed by atoms with Crippen molar-refractivity contribution in [2.45, 2.75) is 6.92 Å². The van der Waals surface area contributed by atoms with Crippen molar-refractivity contribution in [3.05, 3.63) is 52.9 Å². The Bertz CT molecular complexity index is 1080. The summed E-state index contributed by atoms with van der Waals surface area (Å²) >= 11 is 0. The summed E-state index contributed by atoms with van der Waals surface area (Å²) in [6.07, 6.45) is 0. The fourth-order valence-electron chi connectivity index (χ4n) is 3.93. The SMILES string of the molecule is CC(=O)Nc1cc2c(cc1N1CCN(c3ccccc3)CC1)n(C)c(=O)n2C. The number of para-hydroxylation sites is 1. The molecule has 28 heavy (non-hydrogen) atoms. The second kappa shape index (κ2) is 7.07. The Morgan fingerprint density at radius 3 is 2.07 bits per heavy atom. The lowest BCUT2D eigenvalue weighted by atomic mass is 10.1. The van der Waals surface area contributed by atoms with E-state index in [1.165, 1.54) is 12.6 Å². The molecule has 0 unspecified atom stereocenters. The van der Waals surface area contributed by atoms with Crippen molar-refractivity contribution >= 4 is 34.0 Å². The summed E-state index contributed by atoms with van der Waals surface area (Å²) in [6, 6.07) is 14.3. The number of aromatic nitrogens is 2. The fraction of sp³-hybridized carbons (Fsp3) is 0.333. The van der Waals surface area contributed by atoms with Crippen LogP contribution in [0.25, 0.3) is 11.0 Å². The Kier molecular flexibility index (Phi) is 4.58. The van der Waals surface area contributed by atoms with Crippen LogP contribution in [-0.2, 0) is 18.9 Å². The molecule has 0 radical (unpaired) electrons. The van der Waals surface area contributed by atoms with E-state index in [0.29, 0.717) is 0 Å². The number of amides is 1. The molecule has 0 atom stereocenters. The number of anilines is 3. The summed E-state index contributed by atoms with van der Waals surface area (Å²) in [5.74, 6) is -0.121. The number of benzene rings is 2. The number of aryl methyl sites for hydroxylation is 2. The molecule has 1 aliphatic rings. The van der Waals surface area contributed by atoms with Crippen LogP contribution in [0, 0.1) is 0 Å². The predicted octanol–water partition coefficient (Wildman–Crippen LogP) is 2.16. The molecule has 7 heteroatoms. The number of carbonyl (C=O) groups is 1. The third-order valence-electron chi connectivity index (χ3n) is 5.44. The van der Waals surface area contributed by atoms with Crippen LogP contribution < -0.4 is 20.8 Å². The van der Waals surface area contributed by atoms with Crippen molar-refractivity contribution in [2.24, 2.45) is 14.1 Å². The normalized spacial score (nSPS) is 14.5. The highest BCUT2D eigenvalue weighted by Crippen LogP contribution is 2.32. The van der Waals surface area contributed by atoms with Crippen LogP contribution in [0.5, 0.6) is 0 Å². The molecule has 4 rings (SSSR count). The molecule has 1 N–H and O–H groups in total. The van der Waals surface area contributed by atoms with E-state index in [1.54, 1.807) is 23.2 Å². The summed E-state index contributed by atoms with van der Waals surface area (Å²) < 4.78 is 3.26. The minimum Gasteiger partial charge on any atom is -0.368 e. The monoisotopic (exact) mass is 379 g/mol. The maximum Gasteiger partial charge on any atom is 0.328 e. The van der Waals surface area contributed by atoms with Crippen LogP contribution in [0.15, 0.2) is 47.3 Å². The van der Waals surface area contributed by atoms with E-state index >= 15 is 0 Å². The molecule has 1 saturated heterocycles. The number of hydrogen-bond acceptors (Lipinski definition) is 4. The molecule has 0 saturated carbocycles. The summed E-state index contributed by atoms with van der Waals surface area (Å²) in [6.45, 7) is 4.98. The number of piperazine rings is 1. The van der Waals surface area contributed by atoms with Crippen LogP contribution in [0.1, 0.15) is 6.92 Å². The number of rotatable bonds is 3. The first-order valence-corrected chi connectivity index (χ1v) is 9.47. The van der Waals surface area contributed by atoms with Gasteiger partial charge in [-0.25, -0.2) is 4.79 Å². The molecule has 0 spiro atoms. The van der Waals surface area contributed by atoms with Gasteiger partial charge in [-0.05, 0) is 24.3 Å². The average molecular weight is 379 g/mol. The minimum atomic E-state index is -0.121. The van der Waals surface area contributed by atoms with Gasteiger partial charge >= 0.3 is 5.69 Å². The summed E-state index contributed by atoms with van der Waals surface area (Å²) in [5, 5.41) is 2.94. The first-order valence-electron chi connectivity index (χ1n) is 9.47. The topological polar surface area (TPSA) is 62.5 Å². The molecule has 1 aromatic heterocycles. The van der Waals surface area contributed by atoms with Crippen molar-refractivity contribution in [1.29, 1.82) is 0 Å². The third-order valence-corrected chi connectivity index (χ3v) is 5.44. The van der Waals surface area contributed by atoms with E-state index in [0.717, 1.165) is 48.6 Å². The molecule has 0 bridgehead atoms. The van der Waals surface area contributed by atoms with Crippen LogP contribution in [0.3, 0.4) is 0 Å². The van der Waals surface area contributed by atoms with E-state index in [9.17, 15) is 9.59 Å². The van der Waals surface area contributed by atoms with Crippen molar-refractivity contribution in [2.75, 3.05) is 41.3 Å². The minimum absolute atomic E-state index is 0.0742. The second-order valence-electron chi connectivity index (χ2n) is 7.25. The quantitative estimate of drug-likeness (QED) is 0.758. The Labute approximate surface area is 163 Å². The first kappa shape index (κ1) is 18.2. The lowest BCUT2D eigenvalue weighted by Gasteiger charge is -2.38. The molecule has 2 heterocycles. The number of imidazole rings is 1. The Hall–Kier alpha value is -3.22. The number of hydrogen-bond donors (Lipinski definition) is 1. The van der Waals surface area contributed by atoms with Gasteiger partial charge in [0.15, 0.2) is 0 Å². The smallest absolute Gasteiger partial charge is 0.328 e. The molecule has 3 aromatic rings. The van der Waals surface area contributed by atoms with E-state index in [4.69, 9.17) is 0 Å². The predicted molar refractivity (Wildman–Crippen MR) is 113 cm³/mol. The molecule has 7 nitrogen and oxygen atoms in total. The van der Waals surface area contributed by atoms with E-state index in [1.807, 2.05) is 18.2 Å². The van der Waals surface area contributed by atoms with Gasteiger partial charge in [-0.3, -0.25) is 13.9 Å². The Morgan fingerprint density at radius 1 is 0.893 bits per heavy atom. The summed E-state index contributed by atoms with van der Waals surface area (Å²) in [4.78, 5) is 28.7. The maximum absolute atomic E-state index is 12.3. The maximum atomic E-state index is 12.3. The zero-order valence-electron chi connectivity index (χ0n) is 16.5. The Morgan fingerprint density at radius 2 is 1.46 bits per heavy atom. The second-order valence-corrected chi connectivity index (χ2v) is 7.25. The van der Waals surface area contributed by atoms with Crippen molar-refractivity contribution in [3.63, 3.8) is 0 Å². The van der Waals surface area contributed by atoms with Crippen molar-refractivity contribution < 1.29 is 4.79 Å². The molecule has 1 amide bonds. The van der Waals surface area contributed by atoms with Gasteiger partial charge in [0.2, 0.25) is 5.91 Å². The number of nitrogens with one attached hydrogen (secondary N) is 1. The summed E-state index contributed by atoms with van der Waals surface area (Å²) in [5.41, 5.74) is 4.52. The number of nitrogens with zero attached hydrogens (tertiary/aromatic N) is 4. The number of carbonyl (C=O) groups excluding carboxylic acids is 1. The van der Waals surface area contributed by atoms with Crippen LogP contribution in [0.4, 0.5) is 17.1 Å². The van der Waals surface area contributed by atoms with Gasteiger partial charge in [0.05, 0.1) is 22.4 Å². The zero-order valence-corrected chi connectivity index (χ0v) is 16.5. The molecule has 146 valence electrons. The van der Waals surface area contributed by atoms with Gasteiger partial charge in [0, 0.05) is 52.9 Å². The molecular formula is C21H25N5O2. The highest BCUT2D eigenvalue weighted by Gasteiger charge is 2.22. The summed E-state index contributed by atoms with van der Waals surface area (Å²) in [7, 11) is 3.53. The average Bonchev–Trinajstić information content (AvgIpc) is 2.91. The van der Waals surface area contributed by atoms with Gasteiger partial charge < -0.3 is 15.1 Å². The lowest BCUT2D eigenvalue weighted by Crippen LogP contribution is -2.46. The highest BCUT2D eigenvalue weighted by atomic mass is 16.2. The fourth-order valence-corrected chi connectivity index (χ4v) is 3.93. The molecule has 0 aliphatic carbocycles. The van der Waals surface area contributed by atoms with Crippen LogP contribution in [-0.4, -0.2) is 41.2 Å². The molecule has 1 aliphatic heterocycles. The lowest BCUT2D eigenvalue weighted by molar-refractivity contribution is -0.114. The van der Waals surface area contributed by atoms with Gasteiger partial charge in [0.25, 0.3) is 0 Å². The molecular weight excluding hydrogens is 354 g/mol. The highest BCUT2D eigenvalue weighted by molar-refractivity contribution is 5.97. The molecule has 1 fully saturated rings. The third kappa shape index (κ3) is 3.13. The van der Waals surface area contributed by atoms with E-state index in [2.05, 4.69) is 39.4 Å². The largest absolute Gasteiger partial charge is 0.368 e.